The lowest BCUT2D eigenvalue weighted by molar-refractivity contribution is 0.597. The first-order valence-corrected chi connectivity index (χ1v) is 7.03. The fourth-order valence-electron chi connectivity index (χ4n) is 1.92. The minimum Gasteiger partial charge on any atom is -0.382 e. The average Bonchev–Trinajstić information content (AvgIpc) is 2.83. The van der Waals surface area contributed by atoms with Crippen LogP contribution in [0.2, 0.25) is 5.02 Å². The van der Waals surface area contributed by atoms with Crippen LogP contribution in [0.25, 0.3) is 0 Å². The molecule has 0 radical (unpaired) electrons. The first-order valence-electron chi connectivity index (χ1n) is 6.65. The number of aryl methyl sites for hydroxylation is 2. The molecule has 0 aliphatic rings. The molecular weight excluding hydrogens is 260 g/mol. The van der Waals surface area contributed by atoms with Crippen molar-refractivity contribution in [2.75, 3.05) is 11.9 Å². The van der Waals surface area contributed by atoms with Crippen molar-refractivity contribution in [3.05, 3.63) is 40.9 Å². The molecule has 0 fully saturated rings. The van der Waals surface area contributed by atoms with E-state index in [9.17, 15) is 0 Å². The van der Waals surface area contributed by atoms with Crippen molar-refractivity contribution in [2.45, 2.75) is 33.2 Å². The van der Waals surface area contributed by atoms with Gasteiger partial charge in [0.25, 0.3) is 0 Å². The van der Waals surface area contributed by atoms with Crippen LogP contribution in [-0.2, 0) is 19.4 Å². The molecule has 0 saturated heterocycles. The van der Waals surface area contributed by atoms with Crippen LogP contribution in [-0.4, -0.2) is 21.3 Å². The molecule has 0 spiro atoms. The van der Waals surface area contributed by atoms with E-state index in [0.717, 1.165) is 48.3 Å². The summed E-state index contributed by atoms with van der Waals surface area (Å²) in [5.74, 6) is 1.95. The van der Waals surface area contributed by atoms with Crippen LogP contribution in [0.15, 0.2) is 24.3 Å². The second kappa shape index (κ2) is 6.57. The fraction of sp³-hybridized carbons (Fsp3) is 0.429. The zero-order valence-electron chi connectivity index (χ0n) is 11.4. The van der Waals surface area contributed by atoms with Crippen molar-refractivity contribution in [1.29, 1.82) is 0 Å². The van der Waals surface area contributed by atoms with Crippen molar-refractivity contribution in [3.63, 3.8) is 0 Å². The molecular formula is C14H19ClN4. The molecule has 1 aromatic heterocycles. The molecule has 5 heteroatoms. The molecule has 102 valence electrons. The molecule has 0 saturated carbocycles. The molecule has 0 amide bonds. The highest BCUT2D eigenvalue weighted by atomic mass is 35.5. The Labute approximate surface area is 118 Å². The summed E-state index contributed by atoms with van der Waals surface area (Å²) in [6.07, 6.45) is 1.77. The normalized spacial score (nSPS) is 10.7. The van der Waals surface area contributed by atoms with Gasteiger partial charge in [-0.25, -0.2) is 9.67 Å². The summed E-state index contributed by atoms with van der Waals surface area (Å²) in [6.45, 7) is 5.74. The van der Waals surface area contributed by atoms with E-state index in [0.29, 0.717) is 0 Å². The Hall–Kier alpha value is -1.55. The maximum Gasteiger partial charge on any atom is 0.150 e. The SMILES string of the molecule is CCc1nc(CC)n(CCNc2ccccc2Cl)n1. The number of rotatable bonds is 6. The van der Waals surface area contributed by atoms with Crippen molar-refractivity contribution in [3.8, 4) is 0 Å². The van der Waals surface area contributed by atoms with Crippen LogP contribution >= 0.6 is 11.6 Å². The third-order valence-electron chi connectivity index (χ3n) is 2.94. The van der Waals surface area contributed by atoms with Gasteiger partial charge in [0, 0.05) is 19.4 Å². The topological polar surface area (TPSA) is 42.7 Å². The van der Waals surface area contributed by atoms with E-state index >= 15 is 0 Å². The molecule has 2 rings (SSSR count). The van der Waals surface area contributed by atoms with Gasteiger partial charge in [-0.1, -0.05) is 37.6 Å². The van der Waals surface area contributed by atoms with Gasteiger partial charge in [-0.3, -0.25) is 0 Å². The number of nitrogens with zero attached hydrogens (tertiary/aromatic N) is 3. The summed E-state index contributed by atoms with van der Waals surface area (Å²) >= 11 is 6.09. The quantitative estimate of drug-likeness (QED) is 0.883. The Morgan fingerprint density at radius 2 is 2.00 bits per heavy atom. The van der Waals surface area contributed by atoms with E-state index in [1.807, 2.05) is 28.9 Å². The minimum atomic E-state index is 0.742. The number of anilines is 1. The van der Waals surface area contributed by atoms with Crippen LogP contribution in [0.4, 0.5) is 5.69 Å². The Kier molecular flexibility index (Phi) is 4.80. The van der Waals surface area contributed by atoms with Crippen molar-refractivity contribution >= 4 is 17.3 Å². The molecule has 2 aromatic rings. The first-order chi connectivity index (χ1) is 9.24. The molecule has 0 unspecified atom stereocenters. The van der Waals surface area contributed by atoms with Gasteiger partial charge in [0.15, 0.2) is 5.82 Å². The van der Waals surface area contributed by atoms with Gasteiger partial charge in [0.2, 0.25) is 0 Å². The van der Waals surface area contributed by atoms with E-state index in [4.69, 9.17) is 11.6 Å². The van der Waals surface area contributed by atoms with E-state index in [-0.39, 0.29) is 0 Å². The lowest BCUT2D eigenvalue weighted by atomic mass is 10.3. The number of para-hydroxylation sites is 1. The predicted molar refractivity (Wildman–Crippen MR) is 78.7 cm³/mol. The number of nitrogens with one attached hydrogen (secondary N) is 1. The lowest BCUT2D eigenvalue weighted by Gasteiger charge is -2.09. The van der Waals surface area contributed by atoms with Crippen LogP contribution in [0.1, 0.15) is 25.5 Å². The summed E-state index contributed by atoms with van der Waals surface area (Å²) < 4.78 is 1.97. The average molecular weight is 279 g/mol. The van der Waals surface area contributed by atoms with Crippen molar-refractivity contribution in [2.24, 2.45) is 0 Å². The highest BCUT2D eigenvalue weighted by Crippen LogP contribution is 2.19. The Morgan fingerprint density at radius 1 is 1.21 bits per heavy atom. The monoisotopic (exact) mass is 278 g/mol. The third-order valence-corrected chi connectivity index (χ3v) is 3.27. The zero-order valence-corrected chi connectivity index (χ0v) is 12.1. The lowest BCUT2D eigenvalue weighted by Crippen LogP contribution is -2.14. The Balaban J connectivity index is 1.96. The fourth-order valence-corrected chi connectivity index (χ4v) is 2.12. The van der Waals surface area contributed by atoms with E-state index in [1.54, 1.807) is 0 Å². The molecule has 0 aliphatic heterocycles. The summed E-state index contributed by atoms with van der Waals surface area (Å²) in [7, 11) is 0. The molecule has 1 heterocycles. The third kappa shape index (κ3) is 3.47. The van der Waals surface area contributed by atoms with Gasteiger partial charge in [-0.15, -0.1) is 0 Å². The number of aromatic nitrogens is 3. The van der Waals surface area contributed by atoms with Gasteiger partial charge in [-0.2, -0.15) is 5.10 Å². The molecule has 0 atom stereocenters. The van der Waals surface area contributed by atoms with Crippen LogP contribution in [0.5, 0.6) is 0 Å². The largest absolute Gasteiger partial charge is 0.382 e. The second-order valence-electron chi connectivity index (χ2n) is 4.28. The first kappa shape index (κ1) is 13.9. The summed E-state index contributed by atoms with van der Waals surface area (Å²) in [5, 5.41) is 8.55. The number of benzene rings is 1. The van der Waals surface area contributed by atoms with Gasteiger partial charge in [-0.05, 0) is 12.1 Å². The smallest absolute Gasteiger partial charge is 0.150 e. The molecule has 0 bridgehead atoms. The van der Waals surface area contributed by atoms with Crippen LogP contribution in [0, 0.1) is 0 Å². The van der Waals surface area contributed by atoms with E-state index in [1.165, 1.54) is 0 Å². The standard InChI is InChI=1S/C14H19ClN4/c1-3-13-17-14(4-2)19(18-13)10-9-16-12-8-6-5-7-11(12)15/h5-8,16H,3-4,9-10H2,1-2H3. The molecule has 1 N–H and O–H groups in total. The van der Waals surface area contributed by atoms with Crippen molar-refractivity contribution < 1.29 is 0 Å². The zero-order chi connectivity index (χ0) is 13.7. The van der Waals surface area contributed by atoms with Crippen molar-refractivity contribution in [1.82, 2.24) is 14.8 Å². The van der Waals surface area contributed by atoms with E-state index < -0.39 is 0 Å². The van der Waals surface area contributed by atoms with Crippen LogP contribution in [0.3, 0.4) is 0 Å². The number of halogens is 1. The summed E-state index contributed by atoms with van der Waals surface area (Å²) in [6, 6.07) is 7.75. The highest BCUT2D eigenvalue weighted by Gasteiger charge is 2.06. The van der Waals surface area contributed by atoms with Gasteiger partial charge in [0.05, 0.1) is 17.3 Å². The Morgan fingerprint density at radius 3 is 2.68 bits per heavy atom. The van der Waals surface area contributed by atoms with Gasteiger partial charge >= 0.3 is 0 Å². The number of hydrogen-bond acceptors (Lipinski definition) is 3. The highest BCUT2D eigenvalue weighted by molar-refractivity contribution is 6.33. The predicted octanol–water partition coefficient (Wildman–Crippen LogP) is 3.17. The molecule has 19 heavy (non-hydrogen) atoms. The second-order valence-corrected chi connectivity index (χ2v) is 4.69. The molecule has 1 aromatic carbocycles. The van der Waals surface area contributed by atoms with Gasteiger partial charge in [0.1, 0.15) is 5.82 Å². The minimum absolute atomic E-state index is 0.742. The molecule has 4 nitrogen and oxygen atoms in total. The summed E-state index contributed by atoms with van der Waals surface area (Å²) in [5.41, 5.74) is 0.957. The Bertz CT molecular complexity index is 536. The summed E-state index contributed by atoms with van der Waals surface area (Å²) in [4.78, 5) is 4.49. The van der Waals surface area contributed by atoms with Gasteiger partial charge < -0.3 is 5.32 Å². The number of hydrogen-bond donors (Lipinski definition) is 1. The maximum absolute atomic E-state index is 6.09. The molecule has 0 aliphatic carbocycles. The van der Waals surface area contributed by atoms with Crippen LogP contribution < -0.4 is 5.32 Å². The van der Waals surface area contributed by atoms with E-state index in [2.05, 4.69) is 29.2 Å². The maximum atomic E-state index is 6.09.